The average molecular weight is 243 g/mol. The predicted octanol–water partition coefficient (Wildman–Crippen LogP) is 3.56. The third kappa shape index (κ3) is 3.00. The van der Waals surface area contributed by atoms with Crippen LogP contribution in [-0.2, 0) is 6.54 Å². The molecule has 0 radical (unpaired) electrons. The van der Waals surface area contributed by atoms with Gasteiger partial charge in [0, 0.05) is 13.1 Å². The zero-order valence-corrected chi connectivity index (χ0v) is 9.80. The number of hydrogen-bond donors (Lipinski definition) is 0. The van der Waals surface area contributed by atoms with Crippen LogP contribution in [-0.4, -0.2) is 24.2 Å². The van der Waals surface area contributed by atoms with E-state index in [9.17, 15) is 13.2 Å². The van der Waals surface area contributed by atoms with Crippen LogP contribution in [0.5, 0.6) is 0 Å². The maximum Gasteiger partial charge on any atom is 0.401 e. The molecule has 0 saturated carbocycles. The number of halogens is 3. The summed E-state index contributed by atoms with van der Waals surface area (Å²) >= 11 is 0. The largest absolute Gasteiger partial charge is 0.401 e. The molecule has 0 amide bonds. The standard InChI is InChI=1S/C13H16F3N/c1-2-10-7-17(9-13(14,15)16)8-11-5-3-4-6-12(10)11/h3-6,10H,2,7-9H2,1H3. The minimum atomic E-state index is -4.11. The van der Waals surface area contributed by atoms with Gasteiger partial charge in [0.1, 0.15) is 0 Å². The van der Waals surface area contributed by atoms with E-state index in [1.165, 1.54) is 10.5 Å². The number of benzene rings is 1. The van der Waals surface area contributed by atoms with Gasteiger partial charge in [-0.05, 0) is 23.5 Å². The maximum atomic E-state index is 12.4. The normalized spacial score (nSPS) is 21.3. The lowest BCUT2D eigenvalue weighted by Gasteiger charge is -2.34. The van der Waals surface area contributed by atoms with Gasteiger partial charge in [-0.2, -0.15) is 13.2 Å². The summed E-state index contributed by atoms with van der Waals surface area (Å²) in [5, 5.41) is 0. The van der Waals surface area contributed by atoms with Gasteiger partial charge in [0.25, 0.3) is 0 Å². The molecule has 17 heavy (non-hydrogen) atoms. The summed E-state index contributed by atoms with van der Waals surface area (Å²) in [6, 6.07) is 7.82. The molecule has 2 rings (SSSR count). The molecule has 0 fully saturated rings. The Hall–Kier alpha value is -1.03. The Morgan fingerprint density at radius 1 is 1.29 bits per heavy atom. The molecule has 1 unspecified atom stereocenters. The first-order valence-electron chi connectivity index (χ1n) is 5.86. The molecule has 94 valence electrons. The van der Waals surface area contributed by atoms with E-state index >= 15 is 0 Å². The van der Waals surface area contributed by atoms with Crippen LogP contribution in [0.25, 0.3) is 0 Å². The first kappa shape index (κ1) is 12.4. The fraction of sp³-hybridized carbons (Fsp3) is 0.538. The highest BCUT2D eigenvalue weighted by atomic mass is 19.4. The van der Waals surface area contributed by atoms with Crippen molar-refractivity contribution in [1.29, 1.82) is 0 Å². The van der Waals surface area contributed by atoms with Gasteiger partial charge >= 0.3 is 6.18 Å². The van der Waals surface area contributed by atoms with Crippen LogP contribution in [0.1, 0.15) is 30.4 Å². The van der Waals surface area contributed by atoms with Crippen LogP contribution >= 0.6 is 0 Å². The molecule has 0 saturated heterocycles. The van der Waals surface area contributed by atoms with Crippen molar-refractivity contribution in [2.24, 2.45) is 0 Å². The number of rotatable bonds is 2. The van der Waals surface area contributed by atoms with Crippen molar-refractivity contribution < 1.29 is 13.2 Å². The van der Waals surface area contributed by atoms with Crippen molar-refractivity contribution in [1.82, 2.24) is 4.90 Å². The van der Waals surface area contributed by atoms with Crippen molar-refractivity contribution in [3.63, 3.8) is 0 Å². The second-order valence-corrected chi connectivity index (χ2v) is 4.59. The van der Waals surface area contributed by atoms with Crippen molar-refractivity contribution >= 4 is 0 Å². The highest BCUT2D eigenvalue weighted by Gasteiger charge is 2.34. The number of alkyl halides is 3. The van der Waals surface area contributed by atoms with Gasteiger partial charge in [0.05, 0.1) is 6.54 Å². The van der Waals surface area contributed by atoms with Gasteiger partial charge in [0.15, 0.2) is 0 Å². The maximum absolute atomic E-state index is 12.4. The second kappa shape index (κ2) is 4.69. The van der Waals surface area contributed by atoms with Gasteiger partial charge in [0.2, 0.25) is 0 Å². The minimum absolute atomic E-state index is 0.224. The van der Waals surface area contributed by atoms with E-state index in [0.717, 1.165) is 12.0 Å². The Bertz CT molecular complexity index is 386. The minimum Gasteiger partial charge on any atom is -0.290 e. The average Bonchev–Trinajstić information content (AvgIpc) is 2.25. The number of fused-ring (bicyclic) bond motifs is 1. The van der Waals surface area contributed by atoms with Crippen LogP contribution in [0.4, 0.5) is 13.2 Å². The summed E-state index contributed by atoms with van der Waals surface area (Å²) < 4.78 is 37.2. The van der Waals surface area contributed by atoms with E-state index in [2.05, 4.69) is 0 Å². The quantitative estimate of drug-likeness (QED) is 0.767. The molecule has 1 nitrogen and oxygen atoms in total. The van der Waals surface area contributed by atoms with Crippen molar-refractivity contribution in [3.05, 3.63) is 35.4 Å². The molecule has 1 aliphatic heterocycles. The molecule has 1 atom stereocenters. The first-order valence-corrected chi connectivity index (χ1v) is 5.86. The van der Waals surface area contributed by atoms with Gasteiger partial charge in [-0.1, -0.05) is 31.2 Å². The first-order chi connectivity index (χ1) is 7.99. The lowest BCUT2D eigenvalue weighted by atomic mass is 9.88. The third-order valence-corrected chi connectivity index (χ3v) is 3.26. The summed E-state index contributed by atoms with van der Waals surface area (Å²) in [4.78, 5) is 1.50. The van der Waals surface area contributed by atoms with Crippen LogP contribution in [0.3, 0.4) is 0 Å². The van der Waals surface area contributed by atoms with E-state index < -0.39 is 12.7 Å². The van der Waals surface area contributed by atoms with E-state index in [1.54, 1.807) is 0 Å². The van der Waals surface area contributed by atoms with E-state index in [0.29, 0.717) is 13.1 Å². The fourth-order valence-corrected chi connectivity index (χ4v) is 2.51. The number of hydrogen-bond acceptors (Lipinski definition) is 1. The predicted molar refractivity (Wildman–Crippen MR) is 60.8 cm³/mol. The SMILES string of the molecule is CCC1CN(CC(F)(F)F)Cc2ccccc21. The molecule has 0 aliphatic carbocycles. The molecule has 1 aromatic carbocycles. The van der Waals surface area contributed by atoms with Crippen molar-refractivity contribution in [3.8, 4) is 0 Å². The molecule has 1 aliphatic rings. The lowest BCUT2D eigenvalue weighted by molar-refractivity contribution is -0.148. The van der Waals surface area contributed by atoms with E-state index in [-0.39, 0.29) is 5.92 Å². The Labute approximate surface area is 99.2 Å². The van der Waals surface area contributed by atoms with Crippen LogP contribution in [0.2, 0.25) is 0 Å². The Kier molecular flexibility index (Phi) is 3.43. The highest BCUT2D eigenvalue weighted by molar-refractivity contribution is 5.32. The Balaban J connectivity index is 2.18. The summed E-state index contributed by atoms with van der Waals surface area (Å²) in [6.07, 6.45) is -3.23. The van der Waals surface area contributed by atoms with Gasteiger partial charge < -0.3 is 0 Å². The lowest BCUT2D eigenvalue weighted by Crippen LogP contribution is -2.39. The summed E-state index contributed by atoms with van der Waals surface area (Å²) in [5.41, 5.74) is 2.25. The van der Waals surface area contributed by atoms with E-state index in [1.807, 2.05) is 31.2 Å². The van der Waals surface area contributed by atoms with Crippen molar-refractivity contribution in [2.75, 3.05) is 13.1 Å². The monoisotopic (exact) mass is 243 g/mol. The van der Waals surface area contributed by atoms with Gasteiger partial charge in [-0.25, -0.2) is 0 Å². The van der Waals surface area contributed by atoms with Crippen LogP contribution < -0.4 is 0 Å². The molecular weight excluding hydrogens is 227 g/mol. The fourth-order valence-electron chi connectivity index (χ4n) is 2.51. The molecule has 4 heteroatoms. The molecule has 0 N–H and O–H groups in total. The van der Waals surface area contributed by atoms with Gasteiger partial charge in [-0.3, -0.25) is 4.90 Å². The number of nitrogens with zero attached hydrogens (tertiary/aromatic N) is 1. The van der Waals surface area contributed by atoms with Gasteiger partial charge in [-0.15, -0.1) is 0 Å². The summed E-state index contributed by atoms with van der Waals surface area (Å²) in [6.45, 7) is 2.13. The van der Waals surface area contributed by atoms with Crippen molar-refractivity contribution in [2.45, 2.75) is 32.0 Å². The zero-order chi connectivity index (χ0) is 12.5. The second-order valence-electron chi connectivity index (χ2n) is 4.59. The molecule has 0 bridgehead atoms. The topological polar surface area (TPSA) is 3.24 Å². The Morgan fingerprint density at radius 3 is 2.65 bits per heavy atom. The molecule has 0 spiro atoms. The smallest absolute Gasteiger partial charge is 0.290 e. The highest BCUT2D eigenvalue weighted by Crippen LogP contribution is 2.31. The third-order valence-electron chi connectivity index (χ3n) is 3.26. The molecule has 0 aromatic heterocycles. The summed E-state index contributed by atoms with van der Waals surface area (Å²) in [7, 11) is 0. The zero-order valence-electron chi connectivity index (χ0n) is 9.80. The van der Waals surface area contributed by atoms with Crippen LogP contribution in [0, 0.1) is 0 Å². The van der Waals surface area contributed by atoms with Crippen LogP contribution in [0.15, 0.2) is 24.3 Å². The Morgan fingerprint density at radius 2 is 2.00 bits per heavy atom. The molecule has 1 aromatic rings. The molecular formula is C13H16F3N. The van der Waals surface area contributed by atoms with E-state index in [4.69, 9.17) is 0 Å². The summed E-state index contributed by atoms with van der Waals surface area (Å²) in [5.74, 6) is 0.224. The molecule has 1 heterocycles.